The fraction of sp³-hybridized carbons (Fsp3) is 0.286. The molecule has 1 N–H and O–H groups in total. The first-order valence-corrected chi connectivity index (χ1v) is 6.03. The first-order valence-electron chi connectivity index (χ1n) is 6.03. The van der Waals surface area contributed by atoms with Gasteiger partial charge in [0.1, 0.15) is 18.0 Å². The largest absolute Gasteiger partial charge is 0.373 e. The molecule has 3 nitrogen and oxygen atoms in total. The summed E-state index contributed by atoms with van der Waals surface area (Å²) < 4.78 is 13.3. The second-order valence-electron chi connectivity index (χ2n) is 4.06. The molecule has 0 unspecified atom stereocenters. The molecule has 4 heteroatoms. The van der Waals surface area contributed by atoms with Gasteiger partial charge in [0.05, 0.1) is 5.69 Å². The SMILES string of the molecule is CCCc1c(NC)ncnc1-c1cccc(F)c1. The fourth-order valence-electron chi connectivity index (χ4n) is 2.00. The van der Waals surface area contributed by atoms with Gasteiger partial charge in [0.2, 0.25) is 0 Å². The molecule has 0 aliphatic heterocycles. The van der Waals surface area contributed by atoms with Gasteiger partial charge < -0.3 is 5.32 Å². The van der Waals surface area contributed by atoms with Crippen molar-refractivity contribution in [1.82, 2.24) is 9.97 Å². The summed E-state index contributed by atoms with van der Waals surface area (Å²) >= 11 is 0. The Kier molecular flexibility index (Phi) is 3.87. The maximum absolute atomic E-state index is 13.3. The standard InChI is InChI=1S/C14H16FN3/c1-3-5-12-13(17-9-18-14(12)16-2)10-6-4-7-11(15)8-10/h4,6-9H,3,5H2,1-2H3,(H,16,17,18). The highest BCUT2D eigenvalue weighted by Gasteiger charge is 2.11. The minimum absolute atomic E-state index is 0.250. The van der Waals surface area contributed by atoms with Crippen molar-refractivity contribution >= 4 is 5.82 Å². The zero-order chi connectivity index (χ0) is 13.0. The molecular weight excluding hydrogens is 229 g/mol. The maximum Gasteiger partial charge on any atom is 0.132 e. The Morgan fingerprint density at radius 2 is 2.11 bits per heavy atom. The molecule has 0 spiro atoms. The van der Waals surface area contributed by atoms with Crippen molar-refractivity contribution in [1.29, 1.82) is 0 Å². The van der Waals surface area contributed by atoms with Crippen molar-refractivity contribution in [2.75, 3.05) is 12.4 Å². The number of anilines is 1. The van der Waals surface area contributed by atoms with Gasteiger partial charge >= 0.3 is 0 Å². The summed E-state index contributed by atoms with van der Waals surface area (Å²) in [6.07, 6.45) is 3.36. The quantitative estimate of drug-likeness (QED) is 0.898. The first-order chi connectivity index (χ1) is 8.76. The molecule has 0 saturated carbocycles. The average Bonchev–Trinajstić information content (AvgIpc) is 2.39. The number of nitrogens with zero attached hydrogens (tertiary/aromatic N) is 2. The highest BCUT2D eigenvalue weighted by molar-refractivity contribution is 5.68. The highest BCUT2D eigenvalue weighted by Crippen LogP contribution is 2.26. The van der Waals surface area contributed by atoms with Crippen molar-refractivity contribution in [2.24, 2.45) is 0 Å². The van der Waals surface area contributed by atoms with E-state index in [2.05, 4.69) is 22.2 Å². The highest BCUT2D eigenvalue weighted by atomic mass is 19.1. The van der Waals surface area contributed by atoms with Crippen LogP contribution in [0.25, 0.3) is 11.3 Å². The van der Waals surface area contributed by atoms with E-state index in [4.69, 9.17) is 0 Å². The summed E-state index contributed by atoms with van der Waals surface area (Å²) in [5.41, 5.74) is 2.63. The zero-order valence-corrected chi connectivity index (χ0v) is 10.6. The third-order valence-corrected chi connectivity index (χ3v) is 2.78. The van der Waals surface area contributed by atoms with Crippen LogP contribution in [0.5, 0.6) is 0 Å². The van der Waals surface area contributed by atoms with E-state index in [1.807, 2.05) is 13.1 Å². The van der Waals surface area contributed by atoms with Gasteiger partial charge in [0, 0.05) is 18.2 Å². The molecule has 1 heterocycles. The van der Waals surface area contributed by atoms with E-state index in [1.165, 1.54) is 18.5 Å². The monoisotopic (exact) mass is 245 g/mol. The zero-order valence-electron chi connectivity index (χ0n) is 10.6. The van der Waals surface area contributed by atoms with Crippen molar-refractivity contribution in [3.8, 4) is 11.3 Å². The maximum atomic E-state index is 13.3. The smallest absolute Gasteiger partial charge is 0.132 e. The number of hydrogen-bond acceptors (Lipinski definition) is 3. The Balaban J connectivity index is 2.55. The minimum atomic E-state index is -0.250. The Labute approximate surface area is 106 Å². The van der Waals surface area contributed by atoms with Crippen LogP contribution in [0, 0.1) is 5.82 Å². The molecule has 0 fully saturated rings. The lowest BCUT2D eigenvalue weighted by molar-refractivity contribution is 0.628. The van der Waals surface area contributed by atoms with E-state index in [-0.39, 0.29) is 5.82 Å². The second kappa shape index (κ2) is 5.58. The lowest BCUT2D eigenvalue weighted by atomic mass is 10.0. The van der Waals surface area contributed by atoms with E-state index in [9.17, 15) is 4.39 Å². The number of hydrogen-bond donors (Lipinski definition) is 1. The molecule has 0 amide bonds. The molecule has 2 rings (SSSR count). The average molecular weight is 245 g/mol. The predicted octanol–water partition coefficient (Wildman–Crippen LogP) is 3.28. The van der Waals surface area contributed by atoms with Crippen molar-refractivity contribution in [2.45, 2.75) is 19.8 Å². The van der Waals surface area contributed by atoms with Gasteiger partial charge in [0.25, 0.3) is 0 Å². The third-order valence-electron chi connectivity index (χ3n) is 2.78. The van der Waals surface area contributed by atoms with Crippen molar-refractivity contribution in [3.05, 3.63) is 42.0 Å². The van der Waals surface area contributed by atoms with Crippen LogP contribution >= 0.6 is 0 Å². The van der Waals surface area contributed by atoms with Gasteiger partial charge in [-0.25, -0.2) is 14.4 Å². The topological polar surface area (TPSA) is 37.8 Å². The van der Waals surface area contributed by atoms with Gasteiger partial charge in [-0.1, -0.05) is 25.5 Å². The molecular formula is C14H16FN3. The van der Waals surface area contributed by atoms with Crippen LogP contribution in [0.4, 0.5) is 10.2 Å². The molecule has 2 aromatic rings. The summed E-state index contributed by atoms with van der Waals surface area (Å²) in [6.45, 7) is 2.10. The van der Waals surface area contributed by atoms with Gasteiger partial charge in [0.15, 0.2) is 0 Å². The van der Waals surface area contributed by atoms with Crippen LogP contribution < -0.4 is 5.32 Å². The van der Waals surface area contributed by atoms with Crippen LogP contribution in [-0.2, 0) is 6.42 Å². The van der Waals surface area contributed by atoms with Gasteiger partial charge in [-0.05, 0) is 18.6 Å². The second-order valence-corrected chi connectivity index (χ2v) is 4.06. The van der Waals surface area contributed by atoms with E-state index in [1.54, 1.807) is 6.07 Å². The third kappa shape index (κ3) is 2.47. The Hall–Kier alpha value is -1.97. The van der Waals surface area contributed by atoms with Crippen LogP contribution in [0.15, 0.2) is 30.6 Å². The summed E-state index contributed by atoms with van der Waals surface area (Å²) in [4.78, 5) is 8.51. The van der Waals surface area contributed by atoms with E-state index < -0.39 is 0 Å². The molecule has 0 aliphatic rings. The fourth-order valence-corrected chi connectivity index (χ4v) is 2.00. The van der Waals surface area contributed by atoms with Gasteiger partial charge in [-0.3, -0.25) is 0 Å². The summed E-state index contributed by atoms with van der Waals surface area (Å²) in [5.74, 6) is 0.561. The molecule has 0 atom stereocenters. The van der Waals surface area contributed by atoms with Gasteiger partial charge in [-0.15, -0.1) is 0 Å². The van der Waals surface area contributed by atoms with Crippen molar-refractivity contribution < 1.29 is 4.39 Å². The van der Waals surface area contributed by atoms with Crippen LogP contribution in [0.3, 0.4) is 0 Å². The van der Waals surface area contributed by atoms with Crippen LogP contribution in [-0.4, -0.2) is 17.0 Å². The predicted molar refractivity (Wildman–Crippen MR) is 71.0 cm³/mol. The molecule has 1 aromatic heterocycles. The number of aromatic nitrogens is 2. The lowest BCUT2D eigenvalue weighted by Gasteiger charge is -2.12. The summed E-state index contributed by atoms with van der Waals surface area (Å²) in [6, 6.07) is 6.50. The molecule has 0 bridgehead atoms. The lowest BCUT2D eigenvalue weighted by Crippen LogP contribution is -2.03. The van der Waals surface area contributed by atoms with E-state index in [0.717, 1.165) is 35.5 Å². The normalized spacial score (nSPS) is 10.4. The van der Waals surface area contributed by atoms with Crippen molar-refractivity contribution in [3.63, 3.8) is 0 Å². The van der Waals surface area contributed by atoms with E-state index in [0.29, 0.717) is 0 Å². The number of benzene rings is 1. The Morgan fingerprint density at radius 1 is 1.28 bits per heavy atom. The summed E-state index contributed by atoms with van der Waals surface area (Å²) in [5, 5.41) is 3.06. The molecule has 0 aliphatic carbocycles. The molecule has 0 radical (unpaired) electrons. The Bertz CT molecular complexity index is 540. The first kappa shape index (κ1) is 12.5. The molecule has 18 heavy (non-hydrogen) atoms. The summed E-state index contributed by atoms with van der Waals surface area (Å²) in [7, 11) is 1.83. The van der Waals surface area contributed by atoms with Crippen LogP contribution in [0.1, 0.15) is 18.9 Å². The van der Waals surface area contributed by atoms with Crippen LogP contribution in [0.2, 0.25) is 0 Å². The van der Waals surface area contributed by atoms with Gasteiger partial charge in [-0.2, -0.15) is 0 Å². The molecule has 0 saturated heterocycles. The molecule has 94 valence electrons. The molecule has 1 aromatic carbocycles. The van der Waals surface area contributed by atoms with E-state index >= 15 is 0 Å². The number of nitrogens with one attached hydrogen (secondary N) is 1. The minimum Gasteiger partial charge on any atom is -0.373 e. The number of rotatable bonds is 4. The number of halogens is 1. The Morgan fingerprint density at radius 3 is 2.78 bits per heavy atom.